The van der Waals surface area contributed by atoms with E-state index in [4.69, 9.17) is 0 Å². The summed E-state index contributed by atoms with van der Waals surface area (Å²) in [6.45, 7) is 1.76. The fraction of sp³-hybridized carbons (Fsp3) is 0.333. The zero-order valence-corrected chi connectivity index (χ0v) is 12.1. The highest BCUT2D eigenvalue weighted by molar-refractivity contribution is 7.10. The fourth-order valence-corrected chi connectivity index (χ4v) is 3.72. The van der Waals surface area contributed by atoms with Gasteiger partial charge in [-0.05, 0) is 49.3 Å². The molecule has 0 spiro atoms. The summed E-state index contributed by atoms with van der Waals surface area (Å²) >= 11 is 1.80. The third-order valence-corrected chi connectivity index (χ3v) is 4.80. The number of thiophene rings is 1. The third kappa shape index (κ3) is 2.41. The van der Waals surface area contributed by atoms with Gasteiger partial charge in [-0.15, -0.1) is 11.3 Å². The van der Waals surface area contributed by atoms with Crippen LogP contribution in [0.15, 0.2) is 29.6 Å². The van der Waals surface area contributed by atoms with E-state index in [0.29, 0.717) is 5.56 Å². The monoisotopic (exact) mass is 288 g/mol. The minimum Gasteiger partial charge on any atom is -0.378 e. The SMILES string of the molecule is Cc1ccc(NC2CCCc3sccc32)cc1[N+](=O)[O-]. The number of nitro groups is 1. The van der Waals surface area contributed by atoms with E-state index in [0.717, 1.165) is 18.5 Å². The molecular weight excluding hydrogens is 272 g/mol. The van der Waals surface area contributed by atoms with Crippen LogP contribution in [0, 0.1) is 17.0 Å². The summed E-state index contributed by atoms with van der Waals surface area (Å²) in [7, 11) is 0. The van der Waals surface area contributed by atoms with Gasteiger partial charge in [0, 0.05) is 22.2 Å². The highest BCUT2D eigenvalue weighted by atomic mass is 32.1. The van der Waals surface area contributed by atoms with E-state index in [-0.39, 0.29) is 16.7 Å². The van der Waals surface area contributed by atoms with Crippen LogP contribution >= 0.6 is 11.3 Å². The largest absolute Gasteiger partial charge is 0.378 e. The average Bonchev–Trinajstić information content (AvgIpc) is 2.90. The molecule has 0 bridgehead atoms. The highest BCUT2D eigenvalue weighted by Crippen LogP contribution is 2.36. The summed E-state index contributed by atoms with van der Waals surface area (Å²) in [6.07, 6.45) is 3.39. The van der Waals surface area contributed by atoms with Crippen molar-refractivity contribution in [1.82, 2.24) is 0 Å². The second-order valence-corrected chi connectivity index (χ2v) is 6.15. The quantitative estimate of drug-likeness (QED) is 0.670. The molecule has 1 aromatic carbocycles. The van der Waals surface area contributed by atoms with Gasteiger partial charge >= 0.3 is 0 Å². The number of nitrogens with zero attached hydrogens (tertiary/aromatic N) is 1. The lowest BCUT2D eigenvalue weighted by Gasteiger charge is -2.24. The predicted molar refractivity (Wildman–Crippen MR) is 81.5 cm³/mol. The number of rotatable bonds is 3. The third-order valence-electron chi connectivity index (χ3n) is 3.80. The molecule has 1 heterocycles. The highest BCUT2D eigenvalue weighted by Gasteiger charge is 2.21. The molecule has 0 radical (unpaired) electrons. The molecule has 4 nitrogen and oxygen atoms in total. The van der Waals surface area contributed by atoms with Gasteiger partial charge in [0.15, 0.2) is 0 Å². The number of hydrogen-bond donors (Lipinski definition) is 1. The van der Waals surface area contributed by atoms with E-state index in [9.17, 15) is 10.1 Å². The Morgan fingerprint density at radius 1 is 1.40 bits per heavy atom. The van der Waals surface area contributed by atoms with Crippen molar-refractivity contribution in [3.05, 3.63) is 55.8 Å². The standard InChI is InChI=1S/C15H16N2O2S/c1-10-5-6-11(9-14(10)17(18)19)16-13-3-2-4-15-12(13)7-8-20-15/h5-9,13,16H,2-4H2,1H3. The van der Waals surface area contributed by atoms with Crippen LogP contribution in [0.1, 0.15) is 34.9 Å². The molecule has 1 aliphatic rings. The number of anilines is 1. The Morgan fingerprint density at radius 2 is 2.25 bits per heavy atom. The van der Waals surface area contributed by atoms with Gasteiger partial charge in [0.1, 0.15) is 0 Å². The molecular formula is C15H16N2O2S. The minimum atomic E-state index is -0.322. The first-order chi connectivity index (χ1) is 9.65. The fourth-order valence-electron chi connectivity index (χ4n) is 2.73. The first-order valence-corrected chi connectivity index (χ1v) is 7.61. The zero-order valence-electron chi connectivity index (χ0n) is 11.3. The predicted octanol–water partition coefficient (Wildman–Crippen LogP) is 4.45. The van der Waals surface area contributed by atoms with Crippen LogP contribution in [0.25, 0.3) is 0 Å². The van der Waals surface area contributed by atoms with E-state index < -0.39 is 0 Å². The molecule has 0 fully saturated rings. The summed E-state index contributed by atoms with van der Waals surface area (Å²) in [4.78, 5) is 12.1. The molecule has 1 N–H and O–H groups in total. The van der Waals surface area contributed by atoms with Crippen LogP contribution in [-0.4, -0.2) is 4.92 Å². The van der Waals surface area contributed by atoms with E-state index >= 15 is 0 Å². The van der Waals surface area contributed by atoms with Crippen molar-refractivity contribution in [2.45, 2.75) is 32.2 Å². The molecule has 1 atom stereocenters. The Morgan fingerprint density at radius 3 is 3.05 bits per heavy atom. The molecule has 2 aromatic rings. The van der Waals surface area contributed by atoms with E-state index in [1.165, 1.54) is 16.9 Å². The Labute approximate surface area is 121 Å². The molecule has 1 aliphatic carbocycles. The summed E-state index contributed by atoms with van der Waals surface area (Å²) in [6, 6.07) is 7.79. The van der Waals surface area contributed by atoms with Crippen LogP contribution in [0.4, 0.5) is 11.4 Å². The first-order valence-electron chi connectivity index (χ1n) is 6.73. The maximum absolute atomic E-state index is 11.0. The summed E-state index contributed by atoms with van der Waals surface area (Å²) in [5.74, 6) is 0. The maximum atomic E-state index is 11.0. The summed E-state index contributed by atoms with van der Waals surface area (Å²) < 4.78 is 0. The number of hydrogen-bond acceptors (Lipinski definition) is 4. The molecule has 0 saturated carbocycles. The number of nitrogens with one attached hydrogen (secondary N) is 1. The topological polar surface area (TPSA) is 55.2 Å². The smallest absolute Gasteiger partial charge is 0.274 e. The Hall–Kier alpha value is -1.88. The number of nitro benzene ring substituents is 1. The zero-order chi connectivity index (χ0) is 14.1. The van der Waals surface area contributed by atoms with Gasteiger partial charge in [0.25, 0.3) is 5.69 Å². The number of fused-ring (bicyclic) bond motifs is 1. The van der Waals surface area contributed by atoms with Crippen LogP contribution in [0.3, 0.4) is 0 Å². The van der Waals surface area contributed by atoms with Crippen LogP contribution < -0.4 is 5.32 Å². The Kier molecular flexibility index (Phi) is 3.44. The van der Waals surface area contributed by atoms with Crippen molar-refractivity contribution in [3.63, 3.8) is 0 Å². The lowest BCUT2D eigenvalue weighted by Crippen LogP contribution is -2.15. The molecule has 0 saturated heterocycles. The van der Waals surface area contributed by atoms with Crippen LogP contribution in [0.5, 0.6) is 0 Å². The van der Waals surface area contributed by atoms with Crippen molar-refractivity contribution >= 4 is 22.7 Å². The molecule has 1 aromatic heterocycles. The second-order valence-electron chi connectivity index (χ2n) is 5.15. The van der Waals surface area contributed by atoms with Crippen molar-refractivity contribution in [2.24, 2.45) is 0 Å². The number of aryl methyl sites for hydroxylation is 2. The second kappa shape index (κ2) is 5.25. The van der Waals surface area contributed by atoms with E-state index in [1.807, 2.05) is 6.07 Å². The van der Waals surface area contributed by atoms with Gasteiger partial charge in [-0.25, -0.2) is 0 Å². The maximum Gasteiger partial charge on any atom is 0.274 e. The van der Waals surface area contributed by atoms with Gasteiger partial charge in [-0.3, -0.25) is 10.1 Å². The molecule has 20 heavy (non-hydrogen) atoms. The molecule has 0 aliphatic heterocycles. The van der Waals surface area contributed by atoms with Gasteiger partial charge in [-0.2, -0.15) is 0 Å². The first kappa shape index (κ1) is 13.1. The molecule has 1 unspecified atom stereocenters. The minimum absolute atomic E-state index is 0.177. The van der Waals surface area contributed by atoms with Crippen LogP contribution in [-0.2, 0) is 6.42 Å². The summed E-state index contributed by atoms with van der Waals surface area (Å²) in [5.41, 5.74) is 3.05. The normalized spacial score (nSPS) is 17.6. The number of benzene rings is 1. The molecule has 104 valence electrons. The van der Waals surface area contributed by atoms with Gasteiger partial charge in [0.05, 0.1) is 11.0 Å². The van der Waals surface area contributed by atoms with Crippen molar-refractivity contribution in [3.8, 4) is 0 Å². The van der Waals surface area contributed by atoms with Crippen molar-refractivity contribution in [1.29, 1.82) is 0 Å². The average molecular weight is 288 g/mol. The molecule has 5 heteroatoms. The van der Waals surface area contributed by atoms with Gasteiger partial charge < -0.3 is 5.32 Å². The lowest BCUT2D eigenvalue weighted by atomic mass is 9.94. The van der Waals surface area contributed by atoms with Crippen molar-refractivity contribution < 1.29 is 4.92 Å². The van der Waals surface area contributed by atoms with Crippen molar-refractivity contribution in [2.75, 3.05) is 5.32 Å². The summed E-state index contributed by atoms with van der Waals surface area (Å²) in [5, 5.41) is 16.6. The van der Waals surface area contributed by atoms with E-state index in [1.54, 1.807) is 30.4 Å². The molecule has 3 rings (SSSR count). The molecule has 0 amide bonds. The van der Waals surface area contributed by atoms with E-state index in [2.05, 4.69) is 16.8 Å². The van der Waals surface area contributed by atoms with Gasteiger partial charge in [-0.1, -0.05) is 6.07 Å². The Balaban J connectivity index is 1.86. The van der Waals surface area contributed by atoms with Crippen LogP contribution in [0.2, 0.25) is 0 Å². The lowest BCUT2D eigenvalue weighted by molar-refractivity contribution is -0.385. The van der Waals surface area contributed by atoms with Gasteiger partial charge in [0.2, 0.25) is 0 Å². The Bertz CT molecular complexity index is 651.